The third-order valence-electron chi connectivity index (χ3n) is 2.97. The van der Waals surface area contributed by atoms with E-state index in [0.717, 1.165) is 23.3 Å². The number of aromatic nitrogens is 3. The molecule has 0 bridgehead atoms. The van der Waals surface area contributed by atoms with Crippen molar-refractivity contribution in [1.29, 1.82) is 0 Å². The Labute approximate surface area is 112 Å². The summed E-state index contributed by atoms with van der Waals surface area (Å²) in [5.74, 6) is 3.56. The molecule has 1 aromatic rings. The van der Waals surface area contributed by atoms with Crippen LogP contribution in [0, 0.1) is 11.8 Å². The highest BCUT2D eigenvalue weighted by molar-refractivity contribution is 7.99. The van der Waals surface area contributed by atoms with Crippen LogP contribution in [0.1, 0.15) is 44.3 Å². The fraction of sp³-hybridized carbons (Fsp3) is 0.833. The average molecular weight is 274 g/mol. The highest BCUT2D eigenvalue weighted by Gasteiger charge is 2.23. The van der Waals surface area contributed by atoms with Crippen molar-refractivity contribution < 1.29 is 0 Å². The van der Waals surface area contributed by atoms with E-state index in [-0.39, 0.29) is 5.38 Å². The third-order valence-corrected chi connectivity index (χ3v) is 4.60. The molecule has 0 N–H and O–H groups in total. The second kappa shape index (κ2) is 5.61. The summed E-state index contributed by atoms with van der Waals surface area (Å²) in [7, 11) is 2.01. The van der Waals surface area contributed by atoms with Crippen LogP contribution in [0.2, 0.25) is 0 Å². The number of halogens is 1. The molecule has 1 atom stereocenters. The zero-order valence-corrected chi connectivity index (χ0v) is 12.3. The second-order valence-electron chi connectivity index (χ2n) is 5.25. The number of hydrogen-bond acceptors (Lipinski definition) is 3. The van der Waals surface area contributed by atoms with Gasteiger partial charge in [0.2, 0.25) is 0 Å². The van der Waals surface area contributed by atoms with Gasteiger partial charge in [-0.3, -0.25) is 0 Å². The van der Waals surface area contributed by atoms with Crippen LogP contribution in [-0.4, -0.2) is 20.5 Å². The van der Waals surface area contributed by atoms with Crippen molar-refractivity contribution >= 4 is 23.4 Å². The van der Waals surface area contributed by atoms with E-state index in [1.54, 1.807) is 11.8 Å². The van der Waals surface area contributed by atoms with E-state index < -0.39 is 0 Å². The van der Waals surface area contributed by atoms with E-state index in [0.29, 0.717) is 5.92 Å². The summed E-state index contributed by atoms with van der Waals surface area (Å²) in [6.45, 7) is 4.35. The van der Waals surface area contributed by atoms with Crippen molar-refractivity contribution in [2.24, 2.45) is 18.9 Å². The molecule has 1 aliphatic carbocycles. The Morgan fingerprint density at radius 1 is 1.41 bits per heavy atom. The van der Waals surface area contributed by atoms with Gasteiger partial charge in [0, 0.05) is 12.8 Å². The lowest BCUT2D eigenvalue weighted by Gasteiger charge is -2.11. The van der Waals surface area contributed by atoms with Crippen LogP contribution in [0.15, 0.2) is 5.16 Å². The van der Waals surface area contributed by atoms with Crippen LogP contribution in [0.25, 0.3) is 0 Å². The largest absolute Gasteiger partial charge is 0.308 e. The second-order valence-corrected chi connectivity index (χ2v) is 6.77. The minimum Gasteiger partial charge on any atom is -0.308 e. The Bertz CT molecular complexity index is 374. The maximum absolute atomic E-state index is 6.36. The van der Waals surface area contributed by atoms with Crippen molar-refractivity contribution in [2.75, 3.05) is 5.75 Å². The Kier molecular flexibility index (Phi) is 4.36. The molecule has 17 heavy (non-hydrogen) atoms. The molecule has 0 aromatic carbocycles. The predicted octanol–water partition coefficient (Wildman–Crippen LogP) is 3.64. The van der Waals surface area contributed by atoms with E-state index in [9.17, 15) is 0 Å². The van der Waals surface area contributed by atoms with E-state index >= 15 is 0 Å². The molecule has 0 radical (unpaired) electrons. The average Bonchev–Trinajstić information content (AvgIpc) is 2.99. The lowest BCUT2D eigenvalue weighted by atomic mass is 10.1. The zero-order chi connectivity index (χ0) is 12.4. The highest BCUT2D eigenvalue weighted by Crippen LogP contribution is 2.35. The Balaban J connectivity index is 1.97. The van der Waals surface area contributed by atoms with E-state index in [1.807, 2.05) is 11.6 Å². The van der Waals surface area contributed by atoms with Crippen LogP contribution < -0.4 is 0 Å². The zero-order valence-electron chi connectivity index (χ0n) is 10.7. The quantitative estimate of drug-likeness (QED) is 0.586. The molecule has 1 aromatic heterocycles. The first-order chi connectivity index (χ1) is 8.08. The van der Waals surface area contributed by atoms with Gasteiger partial charge in [0.15, 0.2) is 11.0 Å². The summed E-state index contributed by atoms with van der Waals surface area (Å²) in [6, 6.07) is 0. The smallest absolute Gasteiger partial charge is 0.191 e. The van der Waals surface area contributed by atoms with Crippen molar-refractivity contribution in [2.45, 2.75) is 43.6 Å². The molecule has 1 fully saturated rings. The third kappa shape index (κ3) is 3.62. The topological polar surface area (TPSA) is 30.7 Å². The summed E-state index contributed by atoms with van der Waals surface area (Å²) in [4.78, 5) is 0. The molecule has 0 amide bonds. The monoisotopic (exact) mass is 273 g/mol. The molecule has 0 aliphatic heterocycles. The van der Waals surface area contributed by atoms with Crippen LogP contribution >= 0.6 is 23.4 Å². The number of rotatable bonds is 6. The Hall–Kier alpha value is -0.220. The maximum atomic E-state index is 6.36. The van der Waals surface area contributed by atoms with Gasteiger partial charge in [-0.2, -0.15) is 0 Å². The minimum atomic E-state index is -0.0252. The number of alkyl halides is 1. The van der Waals surface area contributed by atoms with E-state index in [4.69, 9.17) is 11.6 Å². The van der Waals surface area contributed by atoms with Gasteiger partial charge < -0.3 is 4.57 Å². The van der Waals surface area contributed by atoms with Gasteiger partial charge in [0.05, 0.1) is 5.38 Å². The SMILES string of the molecule is CC(C)CC(Cl)c1nnc(SCC2CC2)n1C. The summed E-state index contributed by atoms with van der Waals surface area (Å²) in [5, 5.41) is 9.44. The van der Waals surface area contributed by atoms with Crippen LogP contribution in [0.3, 0.4) is 0 Å². The highest BCUT2D eigenvalue weighted by atomic mass is 35.5. The normalized spacial score (nSPS) is 17.7. The van der Waals surface area contributed by atoms with Crippen molar-refractivity contribution in [3.63, 3.8) is 0 Å². The van der Waals surface area contributed by atoms with Crippen molar-refractivity contribution in [3.05, 3.63) is 5.82 Å². The minimum absolute atomic E-state index is 0.0252. The van der Waals surface area contributed by atoms with Gasteiger partial charge in [-0.25, -0.2) is 0 Å². The van der Waals surface area contributed by atoms with Gasteiger partial charge in [0.25, 0.3) is 0 Å². The lowest BCUT2D eigenvalue weighted by molar-refractivity contribution is 0.549. The van der Waals surface area contributed by atoms with E-state index in [2.05, 4.69) is 24.0 Å². The Morgan fingerprint density at radius 3 is 2.71 bits per heavy atom. The first-order valence-corrected chi connectivity index (χ1v) is 7.66. The van der Waals surface area contributed by atoms with Gasteiger partial charge in [-0.1, -0.05) is 25.6 Å². The first-order valence-electron chi connectivity index (χ1n) is 6.24. The number of hydrogen-bond donors (Lipinski definition) is 0. The van der Waals surface area contributed by atoms with Crippen LogP contribution in [-0.2, 0) is 7.05 Å². The summed E-state index contributed by atoms with van der Waals surface area (Å²) >= 11 is 8.17. The van der Waals surface area contributed by atoms with Gasteiger partial charge in [-0.05, 0) is 31.1 Å². The summed E-state index contributed by atoms with van der Waals surface area (Å²) in [6.07, 6.45) is 3.70. The molecule has 0 spiro atoms. The maximum Gasteiger partial charge on any atom is 0.191 e. The molecule has 5 heteroatoms. The molecule has 1 aliphatic rings. The first kappa shape index (κ1) is 13.2. The van der Waals surface area contributed by atoms with Crippen LogP contribution in [0.4, 0.5) is 0 Å². The van der Waals surface area contributed by atoms with Gasteiger partial charge >= 0.3 is 0 Å². The van der Waals surface area contributed by atoms with Crippen molar-refractivity contribution in [3.8, 4) is 0 Å². The molecule has 2 rings (SSSR count). The molecule has 96 valence electrons. The molecular weight excluding hydrogens is 254 g/mol. The summed E-state index contributed by atoms with van der Waals surface area (Å²) in [5.41, 5.74) is 0. The Morgan fingerprint density at radius 2 is 2.12 bits per heavy atom. The molecular formula is C12H20ClN3S. The van der Waals surface area contributed by atoms with Gasteiger partial charge in [0.1, 0.15) is 0 Å². The fourth-order valence-electron chi connectivity index (χ4n) is 1.72. The standard InChI is InChI=1S/C12H20ClN3S/c1-8(2)6-10(13)11-14-15-12(16(11)3)17-7-9-4-5-9/h8-10H,4-7H2,1-3H3. The van der Waals surface area contributed by atoms with E-state index in [1.165, 1.54) is 18.6 Å². The summed E-state index contributed by atoms with van der Waals surface area (Å²) < 4.78 is 2.05. The number of nitrogens with zero attached hydrogens (tertiary/aromatic N) is 3. The fourth-order valence-corrected chi connectivity index (χ4v) is 3.37. The predicted molar refractivity (Wildman–Crippen MR) is 72.5 cm³/mol. The molecule has 0 saturated heterocycles. The molecule has 1 heterocycles. The van der Waals surface area contributed by atoms with Gasteiger partial charge in [-0.15, -0.1) is 21.8 Å². The molecule has 1 unspecified atom stereocenters. The van der Waals surface area contributed by atoms with Crippen molar-refractivity contribution in [1.82, 2.24) is 14.8 Å². The molecule has 3 nitrogen and oxygen atoms in total. The number of thioether (sulfide) groups is 1. The lowest BCUT2D eigenvalue weighted by Crippen LogP contribution is -2.05. The molecule has 1 saturated carbocycles. The van der Waals surface area contributed by atoms with Crippen LogP contribution in [0.5, 0.6) is 0 Å².